The molecule has 1 atom stereocenters. The van der Waals surface area contributed by atoms with E-state index in [1.807, 2.05) is 22.8 Å². The molecule has 3 aromatic heterocycles. The van der Waals surface area contributed by atoms with Crippen LogP contribution in [0.1, 0.15) is 30.5 Å². The Hall–Kier alpha value is -1.99. The third-order valence-corrected chi connectivity index (χ3v) is 4.48. The fourth-order valence-corrected chi connectivity index (χ4v) is 2.95. The zero-order valence-corrected chi connectivity index (χ0v) is 15.3. The number of hydrogen-bond donors (Lipinski definition) is 1. The van der Waals surface area contributed by atoms with Crippen LogP contribution in [0.25, 0.3) is 5.65 Å². The molecule has 0 amide bonds. The second-order valence-electron chi connectivity index (χ2n) is 5.57. The summed E-state index contributed by atoms with van der Waals surface area (Å²) in [5.74, 6) is 1.15. The number of fused-ring (bicyclic) bond motifs is 1. The van der Waals surface area contributed by atoms with Gasteiger partial charge in [-0.25, -0.2) is 4.98 Å². The van der Waals surface area contributed by atoms with Gasteiger partial charge >= 0.3 is 0 Å². The number of methoxy groups -OCH3 is 1. The van der Waals surface area contributed by atoms with Crippen molar-refractivity contribution in [3.05, 3.63) is 52.5 Å². The first-order chi connectivity index (χ1) is 11.7. The molecule has 0 saturated carbocycles. The number of anilines is 1. The molecule has 3 heterocycles. The van der Waals surface area contributed by atoms with Crippen molar-refractivity contribution in [3.63, 3.8) is 0 Å². The van der Waals surface area contributed by atoms with E-state index in [0.717, 1.165) is 33.6 Å². The lowest BCUT2D eigenvalue weighted by atomic mass is 10.0. The lowest BCUT2D eigenvalue weighted by molar-refractivity contribution is 0.176. The molecular formula is C17H20BrN5O. The van der Waals surface area contributed by atoms with Crippen LogP contribution < -0.4 is 5.32 Å². The van der Waals surface area contributed by atoms with Crippen molar-refractivity contribution in [1.82, 2.24) is 19.6 Å². The Morgan fingerprint density at radius 3 is 2.96 bits per heavy atom. The van der Waals surface area contributed by atoms with Gasteiger partial charge in [0.15, 0.2) is 5.65 Å². The molecule has 0 fully saturated rings. The van der Waals surface area contributed by atoms with Crippen LogP contribution in [0.15, 0.2) is 41.3 Å². The first kappa shape index (κ1) is 16.9. The second-order valence-corrected chi connectivity index (χ2v) is 6.42. The van der Waals surface area contributed by atoms with E-state index in [0.29, 0.717) is 13.2 Å². The molecule has 0 aromatic carbocycles. The number of nitrogens with zero attached hydrogens (tertiary/aromatic N) is 4. The molecule has 0 saturated heterocycles. The van der Waals surface area contributed by atoms with Gasteiger partial charge in [0, 0.05) is 38.0 Å². The summed E-state index contributed by atoms with van der Waals surface area (Å²) in [5, 5.41) is 7.84. The lowest BCUT2D eigenvalue weighted by Crippen LogP contribution is -2.12. The average molecular weight is 390 g/mol. The molecular weight excluding hydrogens is 370 g/mol. The van der Waals surface area contributed by atoms with E-state index in [9.17, 15) is 0 Å². The maximum atomic E-state index is 5.34. The summed E-state index contributed by atoms with van der Waals surface area (Å²) in [6.07, 6.45) is 6.35. The number of halogens is 1. The Labute approximate surface area is 149 Å². The molecule has 0 aliphatic carbocycles. The molecule has 0 bridgehead atoms. The van der Waals surface area contributed by atoms with Crippen molar-refractivity contribution in [1.29, 1.82) is 0 Å². The first-order valence-corrected chi connectivity index (χ1v) is 8.68. The molecule has 0 aliphatic rings. The summed E-state index contributed by atoms with van der Waals surface area (Å²) in [4.78, 5) is 8.91. The molecule has 24 heavy (non-hydrogen) atoms. The van der Waals surface area contributed by atoms with Crippen LogP contribution in [0.5, 0.6) is 0 Å². The number of hydrogen-bond acceptors (Lipinski definition) is 5. The van der Waals surface area contributed by atoms with Crippen LogP contribution in [-0.4, -0.2) is 33.3 Å². The molecule has 0 radical (unpaired) electrons. The number of pyridine rings is 1. The number of rotatable bonds is 7. The number of ether oxygens (including phenoxy) is 1. The second kappa shape index (κ2) is 7.72. The minimum absolute atomic E-state index is 0.251. The topological polar surface area (TPSA) is 64.3 Å². The van der Waals surface area contributed by atoms with Crippen molar-refractivity contribution in [2.24, 2.45) is 0 Å². The zero-order chi connectivity index (χ0) is 16.9. The molecule has 1 unspecified atom stereocenters. The lowest BCUT2D eigenvalue weighted by Gasteiger charge is -2.16. The van der Waals surface area contributed by atoms with Gasteiger partial charge < -0.3 is 10.1 Å². The van der Waals surface area contributed by atoms with Gasteiger partial charge in [-0.05, 0) is 34.0 Å². The van der Waals surface area contributed by atoms with Gasteiger partial charge in [-0.2, -0.15) is 9.61 Å². The SMILES string of the molecule is CCC(COC)c1cc(NCc2cccnc2)n2ncc(Br)c2n1. The highest BCUT2D eigenvalue weighted by molar-refractivity contribution is 9.10. The summed E-state index contributed by atoms with van der Waals surface area (Å²) >= 11 is 3.53. The van der Waals surface area contributed by atoms with Crippen molar-refractivity contribution < 1.29 is 4.74 Å². The minimum Gasteiger partial charge on any atom is -0.384 e. The zero-order valence-electron chi connectivity index (χ0n) is 13.7. The molecule has 3 rings (SSSR count). The van der Waals surface area contributed by atoms with E-state index in [4.69, 9.17) is 9.72 Å². The smallest absolute Gasteiger partial charge is 0.171 e. The van der Waals surface area contributed by atoms with Crippen LogP contribution in [0.3, 0.4) is 0 Å². The molecule has 0 aliphatic heterocycles. The summed E-state index contributed by atoms with van der Waals surface area (Å²) < 4.78 is 8.02. The standard InChI is InChI=1S/C17H20BrN5O/c1-3-13(11-24-2)15-7-16(20-9-12-5-4-6-19-8-12)23-17(22-15)14(18)10-21-23/h4-8,10,13,20H,3,9,11H2,1-2H3. The van der Waals surface area contributed by atoms with Gasteiger partial charge in [0.25, 0.3) is 0 Å². The highest BCUT2D eigenvalue weighted by Gasteiger charge is 2.16. The molecule has 3 aromatic rings. The summed E-state index contributed by atoms with van der Waals surface area (Å²) in [6, 6.07) is 6.02. The fraction of sp³-hybridized carbons (Fsp3) is 0.353. The van der Waals surface area contributed by atoms with Crippen LogP contribution in [0, 0.1) is 0 Å². The molecule has 1 N–H and O–H groups in total. The van der Waals surface area contributed by atoms with Crippen LogP contribution in [0.2, 0.25) is 0 Å². The first-order valence-electron chi connectivity index (χ1n) is 7.88. The molecule has 6 nitrogen and oxygen atoms in total. The van der Waals surface area contributed by atoms with E-state index in [-0.39, 0.29) is 5.92 Å². The van der Waals surface area contributed by atoms with Crippen molar-refractivity contribution in [3.8, 4) is 0 Å². The van der Waals surface area contributed by atoms with Crippen molar-refractivity contribution in [2.45, 2.75) is 25.8 Å². The Bertz CT molecular complexity index is 805. The predicted octanol–water partition coefficient (Wildman–Crippen LogP) is 3.64. The van der Waals surface area contributed by atoms with E-state index >= 15 is 0 Å². The Morgan fingerprint density at radius 1 is 1.38 bits per heavy atom. The largest absolute Gasteiger partial charge is 0.384 e. The van der Waals surface area contributed by atoms with E-state index in [1.54, 1.807) is 19.5 Å². The van der Waals surface area contributed by atoms with Crippen LogP contribution >= 0.6 is 15.9 Å². The quantitative estimate of drug-likeness (QED) is 0.668. The minimum atomic E-state index is 0.251. The summed E-state index contributed by atoms with van der Waals surface area (Å²) in [7, 11) is 1.72. The maximum Gasteiger partial charge on any atom is 0.171 e. The summed E-state index contributed by atoms with van der Waals surface area (Å²) in [5.41, 5.74) is 2.91. The van der Waals surface area contributed by atoms with Gasteiger partial charge in [-0.1, -0.05) is 13.0 Å². The highest BCUT2D eigenvalue weighted by Crippen LogP contribution is 2.26. The number of nitrogens with one attached hydrogen (secondary N) is 1. The van der Waals surface area contributed by atoms with Crippen LogP contribution in [-0.2, 0) is 11.3 Å². The monoisotopic (exact) mass is 389 g/mol. The average Bonchev–Trinajstić information content (AvgIpc) is 2.99. The molecule has 0 spiro atoms. The Morgan fingerprint density at radius 2 is 2.25 bits per heavy atom. The molecule has 126 valence electrons. The highest BCUT2D eigenvalue weighted by atomic mass is 79.9. The van der Waals surface area contributed by atoms with Gasteiger partial charge in [0.1, 0.15) is 5.82 Å². The van der Waals surface area contributed by atoms with E-state index < -0.39 is 0 Å². The maximum absolute atomic E-state index is 5.34. The normalized spacial score (nSPS) is 12.5. The third kappa shape index (κ3) is 3.57. The van der Waals surface area contributed by atoms with Crippen LogP contribution in [0.4, 0.5) is 5.82 Å². The van der Waals surface area contributed by atoms with E-state index in [1.165, 1.54) is 0 Å². The third-order valence-electron chi connectivity index (χ3n) is 3.92. The van der Waals surface area contributed by atoms with E-state index in [2.05, 4.69) is 44.3 Å². The van der Waals surface area contributed by atoms with Gasteiger partial charge in [-0.15, -0.1) is 0 Å². The Kier molecular flexibility index (Phi) is 5.42. The number of aromatic nitrogens is 4. The van der Waals surface area contributed by atoms with Crippen molar-refractivity contribution >= 4 is 27.4 Å². The Balaban J connectivity index is 1.95. The summed E-state index contributed by atoms with van der Waals surface area (Å²) in [6.45, 7) is 3.46. The fourth-order valence-electron chi connectivity index (χ4n) is 2.60. The molecule has 7 heteroatoms. The van der Waals surface area contributed by atoms with Crippen molar-refractivity contribution in [2.75, 3.05) is 19.0 Å². The van der Waals surface area contributed by atoms with Gasteiger partial charge in [0.2, 0.25) is 0 Å². The van der Waals surface area contributed by atoms with Gasteiger partial charge in [0.05, 0.1) is 23.0 Å². The van der Waals surface area contributed by atoms with Gasteiger partial charge in [-0.3, -0.25) is 4.98 Å². The predicted molar refractivity (Wildman–Crippen MR) is 97.2 cm³/mol.